The molecule has 0 aliphatic rings. The lowest BCUT2D eigenvalue weighted by Crippen LogP contribution is -1.96. The van der Waals surface area contributed by atoms with Crippen LogP contribution in [0.3, 0.4) is 0 Å². The fraction of sp³-hybridized carbons (Fsp3) is 0.121. The summed E-state index contributed by atoms with van der Waals surface area (Å²) in [6.07, 6.45) is 1.87. The van der Waals surface area contributed by atoms with Crippen molar-refractivity contribution in [2.24, 2.45) is 0 Å². The molecule has 0 aliphatic heterocycles. The van der Waals surface area contributed by atoms with Gasteiger partial charge in [0.2, 0.25) is 0 Å². The Morgan fingerprint density at radius 1 is 0.564 bits per heavy atom. The fourth-order valence-electron chi connectivity index (χ4n) is 5.18. The largest absolute Gasteiger partial charge is 0.497 e. The molecule has 0 saturated carbocycles. The lowest BCUT2D eigenvalue weighted by Gasteiger charge is -2.18. The normalized spacial score (nSPS) is 11.1. The number of aromatic amines is 1. The quantitative estimate of drug-likeness (QED) is 0.235. The van der Waals surface area contributed by atoms with Gasteiger partial charge in [-0.05, 0) is 58.7 Å². The van der Waals surface area contributed by atoms with Crippen LogP contribution >= 0.6 is 0 Å². The number of hydrogen-bond acceptors (Lipinski definition) is 5. The highest BCUT2D eigenvalue weighted by Crippen LogP contribution is 2.45. The van der Waals surface area contributed by atoms with Crippen LogP contribution < -0.4 is 18.9 Å². The van der Waals surface area contributed by atoms with Crippen LogP contribution in [0.1, 0.15) is 0 Å². The highest BCUT2D eigenvalue weighted by molar-refractivity contribution is 6.13. The van der Waals surface area contributed by atoms with Gasteiger partial charge in [-0.15, -0.1) is 0 Å². The second kappa shape index (κ2) is 10.1. The van der Waals surface area contributed by atoms with Gasteiger partial charge >= 0.3 is 0 Å². The Morgan fingerprint density at radius 2 is 1.10 bits per heavy atom. The van der Waals surface area contributed by atoms with E-state index in [9.17, 15) is 0 Å². The Morgan fingerprint density at radius 3 is 1.64 bits per heavy atom. The second-order valence-corrected chi connectivity index (χ2v) is 9.18. The van der Waals surface area contributed by atoms with Crippen LogP contribution in [-0.4, -0.2) is 38.4 Å². The van der Waals surface area contributed by atoms with E-state index in [-0.39, 0.29) is 0 Å². The van der Waals surface area contributed by atoms with Crippen molar-refractivity contribution in [2.45, 2.75) is 0 Å². The van der Waals surface area contributed by atoms with Gasteiger partial charge in [-0.25, -0.2) is 0 Å². The highest BCUT2D eigenvalue weighted by Gasteiger charge is 2.21. The van der Waals surface area contributed by atoms with Gasteiger partial charge in [0.1, 0.15) is 23.0 Å². The van der Waals surface area contributed by atoms with E-state index in [1.165, 1.54) is 0 Å². The number of nitrogens with one attached hydrogen (secondary N) is 1. The summed E-state index contributed by atoms with van der Waals surface area (Å²) in [6, 6.07) is 28.4. The number of methoxy groups -OCH3 is 4. The van der Waals surface area contributed by atoms with Crippen molar-refractivity contribution in [3.05, 3.63) is 91.1 Å². The first-order valence-electron chi connectivity index (χ1n) is 12.6. The first kappa shape index (κ1) is 24.4. The van der Waals surface area contributed by atoms with Crippen molar-refractivity contribution >= 4 is 21.8 Å². The standard InChI is InChI=1S/C33H28N2O4/c1-36-22-14-20(15-23(18-22)37-2)26-9-7-10-27(21-16-24(38-3)19-25(17-21)39-4)31(26)33-32-29(12-13-34-33)28-8-5-6-11-30(28)35-32/h5-19,35H,1-4H3. The minimum atomic E-state index is 0.709. The predicted molar refractivity (Wildman–Crippen MR) is 156 cm³/mol. The van der Waals surface area contributed by atoms with Crippen molar-refractivity contribution < 1.29 is 18.9 Å². The van der Waals surface area contributed by atoms with E-state index in [2.05, 4.69) is 47.4 Å². The topological polar surface area (TPSA) is 65.6 Å². The number of aromatic nitrogens is 2. The van der Waals surface area contributed by atoms with Crippen molar-refractivity contribution in [1.82, 2.24) is 9.97 Å². The van der Waals surface area contributed by atoms with Crippen LogP contribution in [-0.2, 0) is 0 Å². The Hall–Kier alpha value is -4.97. The smallest absolute Gasteiger partial charge is 0.123 e. The minimum Gasteiger partial charge on any atom is -0.497 e. The summed E-state index contributed by atoms with van der Waals surface area (Å²) < 4.78 is 22.5. The lowest BCUT2D eigenvalue weighted by atomic mass is 9.88. The van der Waals surface area contributed by atoms with Crippen LogP contribution in [0, 0.1) is 0 Å². The Kier molecular flexibility index (Phi) is 6.29. The zero-order chi connectivity index (χ0) is 26.9. The summed E-state index contributed by atoms with van der Waals surface area (Å²) in [5, 5.41) is 2.27. The Labute approximate surface area is 226 Å². The molecule has 0 spiro atoms. The van der Waals surface area contributed by atoms with E-state index < -0.39 is 0 Å². The molecule has 2 heterocycles. The van der Waals surface area contributed by atoms with Gasteiger partial charge in [0, 0.05) is 40.2 Å². The van der Waals surface area contributed by atoms with Gasteiger partial charge in [0.25, 0.3) is 0 Å². The van der Waals surface area contributed by atoms with Gasteiger partial charge in [-0.3, -0.25) is 4.98 Å². The van der Waals surface area contributed by atoms with Crippen LogP contribution in [0.4, 0.5) is 0 Å². The molecule has 2 aromatic heterocycles. The van der Waals surface area contributed by atoms with Gasteiger partial charge in [-0.2, -0.15) is 0 Å². The van der Waals surface area contributed by atoms with Gasteiger partial charge < -0.3 is 23.9 Å². The first-order valence-corrected chi connectivity index (χ1v) is 12.6. The van der Waals surface area contributed by atoms with Crippen LogP contribution in [0.5, 0.6) is 23.0 Å². The third kappa shape index (κ3) is 4.30. The molecule has 0 bridgehead atoms. The van der Waals surface area contributed by atoms with E-state index >= 15 is 0 Å². The van der Waals surface area contributed by atoms with Gasteiger partial charge in [-0.1, -0.05) is 36.4 Å². The molecule has 6 aromatic rings. The molecular formula is C33H28N2O4. The average molecular weight is 517 g/mol. The number of para-hydroxylation sites is 1. The van der Waals surface area contributed by atoms with Crippen molar-refractivity contribution in [3.63, 3.8) is 0 Å². The number of pyridine rings is 1. The number of nitrogens with zero attached hydrogens (tertiary/aromatic N) is 1. The molecule has 194 valence electrons. The number of rotatable bonds is 7. The molecule has 4 aromatic carbocycles. The summed E-state index contributed by atoms with van der Waals surface area (Å²) in [4.78, 5) is 8.59. The predicted octanol–water partition coefficient (Wildman–Crippen LogP) is 7.75. The summed E-state index contributed by atoms with van der Waals surface area (Å²) in [5.41, 5.74) is 7.73. The average Bonchev–Trinajstić information content (AvgIpc) is 3.39. The molecule has 0 amide bonds. The molecule has 0 atom stereocenters. The number of fused-ring (bicyclic) bond motifs is 3. The number of ether oxygens (including phenoxy) is 4. The SMILES string of the molecule is COc1cc(OC)cc(-c2cccc(-c3cc(OC)cc(OC)c3)c2-c2nccc3c2[nH]c2ccccc23)c1. The first-order chi connectivity index (χ1) is 19.1. The van der Waals surface area contributed by atoms with Crippen LogP contribution in [0.2, 0.25) is 0 Å². The number of benzene rings is 4. The maximum atomic E-state index is 5.62. The lowest BCUT2D eigenvalue weighted by molar-refractivity contribution is 0.394. The third-order valence-corrected chi connectivity index (χ3v) is 7.05. The van der Waals surface area contributed by atoms with Crippen molar-refractivity contribution in [1.29, 1.82) is 0 Å². The van der Waals surface area contributed by atoms with Crippen LogP contribution in [0.15, 0.2) is 91.1 Å². The summed E-state index contributed by atoms with van der Waals surface area (Å²) in [5.74, 6) is 2.84. The monoisotopic (exact) mass is 516 g/mol. The molecule has 6 heteroatoms. The zero-order valence-corrected chi connectivity index (χ0v) is 22.2. The maximum absolute atomic E-state index is 5.62. The highest BCUT2D eigenvalue weighted by atomic mass is 16.5. The van der Waals surface area contributed by atoms with Crippen LogP contribution in [0.25, 0.3) is 55.3 Å². The second-order valence-electron chi connectivity index (χ2n) is 9.18. The Balaban J connectivity index is 1.72. The Bertz CT molecular complexity index is 1700. The van der Waals surface area contributed by atoms with E-state index in [0.717, 1.165) is 55.3 Å². The molecule has 39 heavy (non-hydrogen) atoms. The molecule has 6 rings (SSSR count). The van der Waals surface area contributed by atoms with E-state index in [0.29, 0.717) is 23.0 Å². The molecule has 1 N–H and O–H groups in total. The molecular weight excluding hydrogens is 488 g/mol. The third-order valence-electron chi connectivity index (χ3n) is 7.05. The number of H-pyrrole nitrogens is 1. The van der Waals surface area contributed by atoms with E-state index in [1.54, 1.807) is 28.4 Å². The van der Waals surface area contributed by atoms with E-state index in [4.69, 9.17) is 23.9 Å². The fourth-order valence-corrected chi connectivity index (χ4v) is 5.18. The molecule has 0 fully saturated rings. The maximum Gasteiger partial charge on any atom is 0.123 e. The summed E-state index contributed by atoms with van der Waals surface area (Å²) in [7, 11) is 6.63. The zero-order valence-electron chi connectivity index (χ0n) is 22.2. The summed E-state index contributed by atoms with van der Waals surface area (Å²) in [6.45, 7) is 0. The summed E-state index contributed by atoms with van der Waals surface area (Å²) >= 11 is 0. The molecule has 6 nitrogen and oxygen atoms in total. The number of hydrogen-bond donors (Lipinski definition) is 1. The van der Waals surface area contributed by atoms with Gasteiger partial charge in [0.15, 0.2) is 0 Å². The van der Waals surface area contributed by atoms with Gasteiger partial charge in [0.05, 0.1) is 39.6 Å². The minimum absolute atomic E-state index is 0.709. The molecule has 0 unspecified atom stereocenters. The van der Waals surface area contributed by atoms with Crippen molar-refractivity contribution in [2.75, 3.05) is 28.4 Å². The molecule has 0 saturated heterocycles. The van der Waals surface area contributed by atoms with Crippen molar-refractivity contribution in [3.8, 4) is 56.5 Å². The molecule has 0 radical (unpaired) electrons. The molecule has 0 aliphatic carbocycles. The van der Waals surface area contributed by atoms with E-state index in [1.807, 2.05) is 48.7 Å².